The fourth-order valence-electron chi connectivity index (χ4n) is 2.93. The number of nitrogens with zero attached hydrogens (tertiary/aromatic N) is 1. The van der Waals surface area contributed by atoms with Gasteiger partial charge >= 0.3 is 5.63 Å². The van der Waals surface area contributed by atoms with Crippen molar-refractivity contribution >= 4 is 44.9 Å². The summed E-state index contributed by atoms with van der Waals surface area (Å²) in [5, 5.41) is 6.19. The van der Waals surface area contributed by atoms with E-state index in [1.165, 1.54) is 17.4 Å². The van der Waals surface area contributed by atoms with E-state index in [-0.39, 0.29) is 5.56 Å². The van der Waals surface area contributed by atoms with Crippen molar-refractivity contribution in [1.82, 2.24) is 4.98 Å². The Bertz CT molecular complexity index is 1280. The minimum atomic E-state index is -0.694. The molecule has 2 aromatic carbocycles. The highest BCUT2D eigenvalue weighted by molar-refractivity contribution is 7.14. The number of nitrogens with one attached hydrogen (secondary N) is 1. The molecule has 0 aliphatic rings. The van der Waals surface area contributed by atoms with Crippen molar-refractivity contribution in [3.8, 4) is 11.3 Å². The first kappa shape index (κ1) is 19.1. The number of aromatic nitrogens is 1. The second kappa shape index (κ2) is 8.03. The molecule has 0 spiro atoms. The van der Waals surface area contributed by atoms with E-state index in [4.69, 9.17) is 16.0 Å². The van der Waals surface area contributed by atoms with Gasteiger partial charge in [0.15, 0.2) is 5.13 Å². The Labute approximate surface area is 175 Å². The lowest BCUT2D eigenvalue weighted by molar-refractivity contribution is 0.102. The Balaban J connectivity index is 1.61. The van der Waals surface area contributed by atoms with E-state index in [0.29, 0.717) is 33.2 Å². The molecule has 0 fully saturated rings. The lowest BCUT2D eigenvalue weighted by Crippen LogP contribution is -2.20. The van der Waals surface area contributed by atoms with Gasteiger partial charge in [-0.3, -0.25) is 10.1 Å². The number of thiazole rings is 1. The van der Waals surface area contributed by atoms with Crippen LogP contribution in [0.1, 0.15) is 15.9 Å². The molecule has 2 aromatic heterocycles. The number of hydrogen-bond donors (Lipinski definition) is 1. The van der Waals surface area contributed by atoms with Gasteiger partial charge in [-0.25, -0.2) is 9.78 Å². The molecular weight excluding hydrogens is 408 g/mol. The highest BCUT2D eigenvalue weighted by Gasteiger charge is 2.17. The number of anilines is 1. The average molecular weight is 423 g/mol. The van der Waals surface area contributed by atoms with Gasteiger partial charge in [-0.05, 0) is 30.2 Å². The number of carbonyl (C=O) groups excluding carboxylic acids is 1. The maximum Gasteiger partial charge on any atom is 0.349 e. The normalized spacial score (nSPS) is 10.8. The van der Waals surface area contributed by atoms with Crippen molar-refractivity contribution in [3.63, 3.8) is 0 Å². The molecule has 1 amide bonds. The Hall–Kier alpha value is -3.22. The summed E-state index contributed by atoms with van der Waals surface area (Å²) in [5.74, 6) is -0.563. The zero-order valence-corrected chi connectivity index (χ0v) is 16.7. The van der Waals surface area contributed by atoms with Crippen molar-refractivity contribution in [2.45, 2.75) is 6.42 Å². The first-order valence-electron chi connectivity index (χ1n) is 8.74. The fraction of sp³-hybridized carbons (Fsp3) is 0.0455. The van der Waals surface area contributed by atoms with Gasteiger partial charge in [-0.15, -0.1) is 17.9 Å². The maximum atomic E-state index is 12.6. The van der Waals surface area contributed by atoms with Crippen molar-refractivity contribution in [2.24, 2.45) is 0 Å². The molecule has 0 radical (unpaired) electrons. The molecule has 0 aliphatic carbocycles. The Morgan fingerprint density at radius 2 is 2.03 bits per heavy atom. The Kier molecular flexibility index (Phi) is 5.29. The summed E-state index contributed by atoms with van der Waals surface area (Å²) in [4.78, 5) is 29.4. The third kappa shape index (κ3) is 3.99. The van der Waals surface area contributed by atoms with E-state index in [9.17, 15) is 9.59 Å². The molecule has 0 bridgehead atoms. The molecule has 1 N–H and O–H groups in total. The van der Waals surface area contributed by atoms with Gasteiger partial charge in [0.1, 0.15) is 11.1 Å². The standard InChI is InChI=1S/C22H15ClN2O3S/c1-2-4-14-5-3-6-15-11-17(21(27)28-19(14)15)20(26)25-22-24-18(12-29-22)13-7-9-16(23)10-8-13/h2-3,5-12H,1,4H2,(H,24,25,26). The molecule has 5 nitrogen and oxygen atoms in total. The SMILES string of the molecule is C=CCc1cccc2cc(C(=O)Nc3nc(-c4ccc(Cl)cc4)cs3)c(=O)oc12. The Morgan fingerprint density at radius 3 is 2.79 bits per heavy atom. The third-order valence-corrected chi connectivity index (χ3v) is 5.32. The third-order valence-electron chi connectivity index (χ3n) is 4.32. The van der Waals surface area contributed by atoms with E-state index in [1.54, 1.807) is 24.3 Å². The van der Waals surface area contributed by atoms with Gasteiger partial charge in [0.25, 0.3) is 5.91 Å². The predicted molar refractivity (Wildman–Crippen MR) is 117 cm³/mol. The quantitative estimate of drug-likeness (QED) is 0.338. The number of para-hydroxylation sites is 1. The van der Waals surface area contributed by atoms with E-state index >= 15 is 0 Å². The van der Waals surface area contributed by atoms with E-state index < -0.39 is 11.5 Å². The van der Waals surface area contributed by atoms with Gasteiger partial charge < -0.3 is 4.42 Å². The van der Waals surface area contributed by atoms with Gasteiger partial charge in [0, 0.05) is 21.4 Å². The van der Waals surface area contributed by atoms with Crippen molar-refractivity contribution < 1.29 is 9.21 Å². The van der Waals surface area contributed by atoms with Crippen LogP contribution in [0.4, 0.5) is 5.13 Å². The number of amides is 1. The van der Waals surface area contributed by atoms with Crippen LogP contribution in [0.25, 0.3) is 22.2 Å². The molecule has 0 atom stereocenters. The zero-order valence-electron chi connectivity index (χ0n) is 15.1. The summed E-state index contributed by atoms with van der Waals surface area (Å²) in [6.45, 7) is 3.71. The average Bonchev–Trinajstić information content (AvgIpc) is 3.17. The zero-order chi connectivity index (χ0) is 20.4. The molecule has 4 rings (SSSR count). The van der Waals surface area contributed by atoms with Gasteiger partial charge in [-0.2, -0.15) is 0 Å². The number of fused-ring (bicyclic) bond motifs is 1. The fourth-order valence-corrected chi connectivity index (χ4v) is 3.77. The molecule has 0 saturated carbocycles. The highest BCUT2D eigenvalue weighted by atomic mass is 35.5. The number of rotatable bonds is 5. The van der Waals surface area contributed by atoms with Crippen LogP contribution in [0.2, 0.25) is 5.02 Å². The van der Waals surface area contributed by atoms with Crippen LogP contribution >= 0.6 is 22.9 Å². The Morgan fingerprint density at radius 1 is 1.24 bits per heavy atom. The number of benzene rings is 2. The number of carbonyl (C=O) groups is 1. The molecule has 0 aliphatic heterocycles. The molecule has 4 aromatic rings. The number of hydrogen-bond acceptors (Lipinski definition) is 5. The number of halogens is 1. The van der Waals surface area contributed by atoms with Crippen LogP contribution < -0.4 is 10.9 Å². The van der Waals surface area contributed by atoms with Crippen LogP contribution in [0.5, 0.6) is 0 Å². The largest absolute Gasteiger partial charge is 0.422 e. The molecule has 0 unspecified atom stereocenters. The van der Waals surface area contributed by atoms with Crippen LogP contribution in [-0.4, -0.2) is 10.9 Å². The summed E-state index contributed by atoms with van der Waals surface area (Å²) in [6.07, 6.45) is 2.30. The summed E-state index contributed by atoms with van der Waals surface area (Å²) < 4.78 is 5.43. The van der Waals surface area contributed by atoms with Gasteiger partial charge in [0.2, 0.25) is 0 Å². The summed E-state index contributed by atoms with van der Waals surface area (Å²) in [7, 11) is 0. The molecule has 7 heteroatoms. The van der Waals surface area contributed by atoms with Crippen LogP contribution in [-0.2, 0) is 6.42 Å². The molecule has 29 heavy (non-hydrogen) atoms. The molecule has 144 valence electrons. The summed E-state index contributed by atoms with van der Waals surface area (Å²) >= 11 is 7.18. The second-order valence-electron chi connectivity index (χ2n) is 6.27. The molecule has 2 heterocycles. The van der Waals surface area contributed by atoms with Gasteiger partial charge in [-0.1, -0.05) is 48.0 Å². The lowest BCUT2D eigenvalue weighted by atomic mass is 10.1. The summed E-state index contributed by atoms with van der Waals surface area (Å²) in [6, 6.07) is 14.3. The van der Waals surface area contributed by atoms with Crippen molar-refractivity contribution in [3.05, 3.63) is 93.1 Å². The van der Waals surface area contributed by atoms with Crippen LogP contribution in [0.3, 0.4) is 0 Å². The smallest absolute Gasteiger partial charge is 0.349 e. The van der Waals surface area contributed by atoms with E-state index in [2.05, 4.69) is 16.9 Å². The van der Waals surface area contributed by atoms with Crippen molar-refractivity contribution in [1.29, 1.82) is 0 Å². The predicted octanol–water partition coefficient (Wildman–Crippen LogP) is 5.55. The number of allylic oxidation sites excluding steroid dienone is 1. The van der Waals surface area contributed by atoms with Crippen LogP contribution in [0.15, 0.2) is 75.8 Å². The molecular formula is C22H15ClN2O3S. The minimum absolute atomic E-state index is 0.0727. The minimum Gasteiger partial charge on any atom is -0.422 e. The lowest BCUT2D eigenvalue weighted by Gasteiger charge is -2.05. The van der Waals surface area contributed by atoms with E-state index in [1.807, 2.05) is 29.6 Å². The highest BCUT2D eigenvalue weighted by Crippen LogP contribution is 2.26. The van der Waals surface area contributed by atoms with Crippen LogP contribution in [0, 0.1) is 0 Å². The van der Waals surface area contributed by atoms with E-state index in [0.717, 1.165) is 11.1 Å². The van der Waals surface area contributed by atoms with Crippen molar-refractivity contribution in [2.75, 3.05) is 5.32 Å². The topological polar surface area (TPSA) is 72.2 Å². The first-order valence-corrected chi connectivity index (χ1v) is 10.0. The maximum absolute atomic E-state index is 12.6. The van der Waals surface area contributed by atoms with Gasteiger partial charge in [0.05, 0.1) is 5.69 Å². The monoisotopic (exact) mass is 422 g/mol. The molecule has 0 saturated heterocycles. The second-order valence-corrected chi connectivity index (χ2v) is 7.57. The summed E-state index contributed by atoms with van der Waals surface area (Å²) in [5.41, 5.74) is 2.13. The first-order chi connectivity index (χ1) is 14.0.